The molecule has 0 aliphatic carbocycles. The van der Waals surface area contributed by atoms with Crippen LogP contribution in [0.2, 0.25) is 0 Å². The number of piperidine rings is 1. The first-order valence-corrected chi connectivity index (χ1v) is 14.6. The van der Waals surface area contributed by atoms with Crippen LogP contribution in [0.25, 0.3) is 39.5 Å². The molecule has 1 aliphatic heterocycles. The Bertz CT molecular complexity index is 2030. The van der Waals surface area contributed by atoms with Crippen LogP contribution in [0, 0.1) is 11.3 Å². The number of aromatic nitrogens is 7. The van der Waals surface area contributed by atoms with Crippen LogP contribution in [-0.4, -0.2) is 63.6 Å². The summed E-state index contributed by atoms with van der Waals surface area (Å²) < 4.78 is 1.98. The summed E-state index contributed by atoms with van der Waals surface area (Å²) in [5.74, 6) is 1.78. The van der Waals surface area contributed by atoms with E-state index in [2.05, 4.69) is 54.4 Å². The summed E-state index contributed by atoms with van der Waals surface area (Å²) in [6.45, 7) is 2.72. The van der Waals surface area contributed by atoms with Crippen LogP contribution in [0.1, 0.15) is 24.2 Å². The predicted octanol–water partition coefficient (Wildman–Crippen LogP) is 4.57. The van der Waals surface area contributed by atoms with Gasteiger partial charge in [0.15, 0.2) is 11.5 Å². The Balaban J connectivity index is 1.14. The minimum absolute atomic E-state index is 0.0847. The molecule has 1 aromatic carbocycles. The van der Waals surface area contributed by atoms with Crippen LogP contribution in [0.3, 0.4) is 0 Å². The molecule has 0 saturated carbocycles. The molecule has 1 saturated heterocycles. The number of anilines is 2. The van der Waals surface area contributed by atoms with Crippen LogP contribution in [-0.2, 0) is 6.54 Å². The molecule has 0 atom stereocenters. The molecule has 45 heavy (non-hydrogen) atoms. The van der Waals surface area contributed by atoms with Crippen LogP contribution in [0.15, 0.2) is 85.3 Å². The van der Waals surface area contributed by atoms with E-state index in [0.29, 0.717) is 51.5 Å². The Kier molecular flexibility index (Phi) is 7.42. The smallest absolute Gasteiger partial charge is 0.234 e. The summed E-state index contributed by atoms with van der Waals surface area (Å²) in [5, 5.41) is 22.9. The summed E-state index contributed by atoms with van der Waals surface area (Å²) in [4.78, 5) is 28.8. The fourth-order valence-corrected chi connectivity index (χ4v) is 5.68. The van der Waals surface area contributed by atoms with Crippen molar-refractivity contribution in [3.8, 4) is 40.3 Å². The van der Waals surface area contributed by atoms with Gasteiger partial charge in [-0.1, -0.05) is 12.1 Å². The minimum Gasteiger partial charge on any atom is -0.493 e. The molecular formula is C33H29N11O. The lowest BCUT2D eigenvalue weighted by Gasteiger charge is -2.32. The van der Waals surface area contributed by atoms with Gasteiger partial charge < -0.3 is 16.2 Å². The van der Waals surface area contributed by atoms with E-state index in [4.69, 9.17) is 21.0 Å². The van der Waals surface area contributed by atoms with Crippen LogP contribution < -0.4 is 11.1 Å². The number of fused-ring (bicyclic) bond motifs is 1. The third-order valence-corrected chi connectivity index (χ3v) is 7.94. The molecule has 0 amide bonds. The van der Waals surface area contributed by atoms with Crippen molar-refractivity contribution in [3.63, 3.8) is 0 Å². The number of rotatable bonds is 7. The molecule has 12 nitrogen and oxygen atoms in total. The van der Waals surface area contributed by atoms with Gasteiger partial charge in [-0.25, -0.2) is 29.9 Å². The first-order chi connectivity index (χ1) is 22.1. The maximum Gasteiger partial charge on any atom is 0.234 e. The third-order valence-electron chi connectivity index (χ3n) is 7.94. The second-order valence-corrected chi connectivity index (χ2v) is 10.9. The highest BCUT2D eigenvalue weighted by Gasteiger charge is 2.21. The van der Waals surface area contributed by atoms with E-state index in [1.165, 1.54) is 11.8 Å². The Morgan fingerprint density at radius 1 is 0.867 bits per heavy atom. The molecule has 1 fully saturated rings. The molecular weight excluding hydrogens is 566 g/mol. The van der Waals surface area contributed by atoms with Gasteiger partial charge in [0, 0.05) is 50.0 Å². The third kappa shape index (κ3) is 5.72. The Morgan fingerprint density at radius 3 is 2.40 bits per heavy atom. The molecule has 5 aromatic heterocycles. The number of benzene rings is 1. The SMILES string of the molecule is N#Cc1nccc(NC2CCN(Cc3ccc(-n4c(-c5cccnc5N)nc5ccc(-c6cccnc6O)nc54)cc3)CC2)n1. The van der Waals surface area contributed by atoms with Gasteiger partial charge in [0.05, 0.1) is 16.8 Å². The number of nitrogens with zero attached hydrogens (tertiary/aromatic N) is 9. The van der Waals surface area contributed by atoms with Crippen molar-refractivity contribution in [2.24, 2.45) is 0 Å². The normalized spacial score (nSPS) is 13.9. The lowest BCUT2D eigenvalue weighted by molar-refractivity contribution is 0.211. The summed E-state index contributed by atoms with van der Waals surface area (Å²) in [6, 6.07) is 23.5. The van der Waals surface area contributed by atoms with Crippen molar-refractivity contribution in [2.45, 2.75) is 25.4 Å². The molecule has 1 aliphatic rings. The van der Waals surface area contributed by atoms with E-state index in [0.717, 1.165) is 38.2 Å². The van der Waals surface area contributed by atoms with E-state index in [-0.39, 0.29) is 11.7 Å². The maximum atomic E-state index is 10.4. The standard InChI is InChI=1S/C33H29N11O/c34-19-29-36-16-11-28(42-29)39-22-12-17-43(18-13-22)20-21-5-7-23(8-6-21)44-31(25-4-2-14-37-30(25)35)41-27-10-9-26(40-32(27)44)24-3-1-15-38-33(24)45/h1-11,14-16,22H,12-13,17-18,20H2,(H2,35,37)(H,38,45)(H,36,39,42). The largest absolute Gasteiger partial charge is 0.493 e. The predicted molar refractivity (Wildman–Crippen MR) is 170 cm³/mol. The molecule has 0 radical (unpaired) electrons. The average Bonchev–Trinajstić information content (AvgIpc) is 3.45. The molecule has 4 N–H and O–H groups in total. The number of nitrogens with two attached hydrogens (primary N) is 1. The summed E-state index contributed by atoms with van der Waals surface area (Å²) >= 11 is 0. The van der Waals surface area contributed by atoms with Crippen molar-refractivity contribution >= 4 is 22.8 Å². The number of likely N-dealkylation sites (tertiary alicyclic amines) is 1. The molecule has 6 aromatic rings. The summed E-state index contributed by atoms with van der Waals surface area (Å²) in [6.07, 6.45) is 6.75. The topological polar surface area (TPSA) is 168 Å². The number of imidazole rings is 1. The average molecular weight is 596 g/mol. The van der Waals surface area contributed by atoms with Gasteiger partial charge in [-0.05, 0) is 73.0 Å². The molecule has 6 heterocycles. The van der Waals surface area contributed by atoms with Gasteiger partial charge in [0.1, 0.15) is 23.2 Å². The van der Waals surface area contributed by atoms with Crippen molar-refractivity contribution in [1.82, 2.24) is 39.4 Å². The molecule has 12 heteroatoms. The highest BCUT2D eigenvalue weighted by Crippen LogP contribution is 2.33. The number of pyridine rings is 3. The van der Waals surface area contributed by atoms with Gasteiger partial charge in [-0.3, -0.25) is 9.47 Å². The number of hydrogen-bond donors (Lipinski definition) is 3. The first-order valence-electron chi connectivity index (χ1n) is 14.6. The van der Waals surface area contributed by atoms with E-state index in [1.807, 2.05) is 34.9 Å². The molecule has 0 spiro atoms. The molecule has 0 bridgehead atoms. The zero-order valence-electron chi connectivity index (χ0n) is 24.2. The lowest BCUT2D eigenvalue weighted by Crippen LogP contribution is -2.38. The Morgan fingerprint density at radius 2 is 1.64 bits per heavy atom. The number of nitrogens with one attached hydrogen (secondary N) is 1. The second kappa shape index (κ2) is 12.0. The zero-order chi connectivity index (χ0) is 30.8. The minimum atomic E-state index is -0.0847. The first kappa shape index (κ1) is 27.9. The monoisotopic (exact) mass is 595 g/mol. The number of nitrogen functional groups attached to an aromatic ring is 1. The maximum absolute atomic E-state index is 10.4. The van der Waals surface area contributed by atoms with E-state index < -0.39 is 0 Å². The van der Waals surface area contributed by atoms with E-state index in [9.17, 15) is 5.11 Å². The van der Waals surface area contributed by atoms with Gasteiger partial charge in [0.25, 0.3) is 0 Å². The van der Waals surface area contributed by atoms with Gasteiger partial charge in [-0.15, -0.1) is 0 Å². The Labute approximate surface area is 258 Å². The fourth-order valence-electron chi connectivity index (χ4n) is 5.68. The number of aromatic hydroxyl groups is 1. The Hall–Kier alpha value is -5.93. The van der Waals surface area contributed by atoms with Gasteiger partial charge >= 0.3 is 0 Å². The number of nitriles is 1. The summed E-state index contributed by atoms with van der Waals surface area (Å²) in [5.41, 5.74) is 11.5. The quantitative estimate of drug-likeness (QED) is 0.236. The van der Waals surface area contributed by atoms with E-state index >= 15 is 0 Å². The van der Waals surface area contributed by atoms with Crippen LogP contribution >= 0.6 is 0 Å². The highest BCUT2D eigenvalue weighted by atomic mass is 16.3. The summed E-state index contributed by atoms with van der Waals surface area (Å²) in [7, 11) is 0. The van der Waals surface area contributed by atoms with Gasteiger partial charge in [-0.2, -0.15) is 5.26 Å². The molecule has 7 rings (SSSR count). The fraction of sp³-hybridized carbons (Fsp3) is 0.182. The zero-order valence-corrected chi connectivity index (χ0v) is 24.2. The molecule has 222 valence electrons. The van der Waals surface area contributed by atoms with Crippen molar-refractivity contribution < 1.29 is 5.11 Å². The van der Waals surface area contributed by atoms with Crippen molar-refractivity contribution in [2.75, 3.05) is 24.1 Å². The number of hydrogen-bond acceptors (Lipinski definition) is 11. The van der Waals surface area contributed by atoms with Crippen molar-refractivity contribution in [1.29, 1.82) is 5.26 Å². The van der Waals surface area contributed by atoms with E-state index in [1.54, 1.807) is 30.6 Å². The highest BCUT2D eigenvalue weighted by molar-refractivity contribution is 5.85. The van der Waals surface area contributed by atoms with Crippen molar-refractivity contribution in [3.05, 3.63) is 96.7 Å². The van der Waals surface area contributed by atoms with Crippen LogP contribution in [0.5, 0.6) is 5.88 Å². The second-order valence-electron chi connectivity index (χ2n) is 10.9. The molecule has 0 unspecified atom stereocenters. The van der Waals surface area contributed by atoms with Crippen LogP contribution in [0.4, 0.5) is 11.6 Å². The van der Waals surface area contributed by atoms with Gasteiger partial charge in [0.2, 0.25) is 11.7 Å². The lowest BCUT2D eigenvalue weighted by atomic mass is 10.0.